The molecule has 0 aromatic carbocycles. The average Bonchev–Trinajstić information content (AvgIpc) is 2.55. The Balaban J connectivity index is 2.44. The van der Waals surface area contributed by atoms with E-state index in [1.807, 2.05) is 0 Å². The van der Waals surface area contributed by atoms with Gasteiger partial charge in [0.1, 0.15) is 0 Å². The molecule has 70 valence electrons. The average molecular weight is 182 g/mol. The maximum Gasteiger partial charge on any atom is 0.260 e. The van der Waals surface area contributed by atoms with E-state index >= 15 is 0 Å². The normalized spacial score (nSPS) is 36.2. The quantitative estimate of drug-likeness (QED) is 0.455. The van der Waals surface area contributed by atoms with Gasteiger partial charge in [-0.3, -0.25) is 15.0 Å². The van der Waals surface area contributed by atoms with Crippen molar-refractivity contribution in [3.05, 3.63) is 0 Å². The van der Waals surface area contributed by atoms with Crippen molar-refractivity contribution >= 4 is 18.0 Å². The van der Waals surface area contributed by atoms with Gasteiger partial charge in [-0.1, -0.05) is 0 Å². The Bertz CT molecular complexity index is 314. The van der Waals surface area contributed by atoms with Crippen LogP contribution in [0.1, 0.15) is 0 Å². The summed E-state index contributed by atoms with van der Waals surface area (Å²) >= 11 is 0. The first-order chi connectivity index (χ1) is 6.09. The van der Waals surface area contributed by atoms with Crippen LogP contribution in [-0.2, 0) is 9.59 Å². The molecule has 2 aliphatic rings. The van der Waals surface area contributed by atoms with Crippen LogP contribution in [0.5, 0.6) is 0 Å². The Morgan fingerprint density at radius 3 is 3.15 bits per heavy atom. The molecule has 13 heavy (non-hydrogen) atoms. The summed E-state index contributed by atoms with van der Waals surface area (Å²) < 4.78 is 0. The first kappa shape index (κ1) is 8.03. The highest BCUT2D eigenvalue weighted by Gasteiger charge is 2.59. The van der Waals surface area contributed by atoms with Crippen molar-refractivity contribution in [1.29, 1.82) is 0 Å². The summed E-state index contributed by atoms with van der Waals surface area (Å²) in [4.78, 5) is 24.3. The van der Waals surface area contributed by atoms with Crippen molar-refractivity contribution in [3.8, 4) is 0 Å². The van der Waals surface area contributed by atoms with Crippen LogP contribution in [0.4, 0.5) is 0 Å². The molecule has 2 amide bonds. The molecule has 0 spiro atoms. The molecule has 0 radical (unpaired) electrons. The molecule has 0 aromatic rings. The summed E-state index contributed by atoms with van der Waals surface area (Å²) in [6.45, 7) is 0.484. The van der Waals surface area contributed by atoms with E-state index in [0.717, 1.165) is 0 Å². The van der Waals surface area contributed by atoms with Crippen molar-refractivity contribution < 1.29 is 9.59 Å². The highest BCUT2D eigenvalue weighted by atomic mass is 16.2. The van der Waals surface area contributed by atoms with Gasteiger partial charge in [-0.25, -0.2) is 0 Å². The first-order valence-electron chi connectivity index (χ1n) is 3.95. The van der Waals surface area contributed by atoms with E-state index in [0.29, 0.717) is 6.54 Å². The maximum atomic E-state index is 11.6. The Kier molecular flexibility index (Phi) is 1.37. The second-order valence-corrected chi connectivity index (χ2v) is 3.35. The Hall–Kier alpha value is -1.59. The first-order valence-corrected chi connectivity index (χ1v) is 3.95. The molecular formula is C7H10N4O2. The van der Waals surface area contributed by atoms with Crippen LogP contribution in [0.25, 0.3) is 0 Å². The molecule has 1 fully saturated rings. The highest BCUT2D eigenvalue weighted by molar-refractivity contribution is 6.14. The SMILES string of the molecule is CN1C[C@H]2C=NN[C@@]2(C(N)=O)C1=O. The molecule has 6 heteroatoms. The summed E-state index contributed by atoms with van der Waals surface area (Å²) in [5.74, 6) is -1.20. The van der Waals surface area contributed by atoms with Gasteiger partial charge >= 0.3 is 0 Å². The minimum absolute atomic E-state index is 0.234. The fourth-order valence-electron chi connectivity index (χ4n) is 1.84. The fourth-order valence-corrected chi connectivity index (χ4v) is 1.84. The van der Waals surface area contributed by atoms with E-state index < -0.39 is 11.4 Å². The summed E-state index contributed by atoms with van der Waals surface area (Å²) in [6.07, 6.45) is 1.56. The molecule has 6 nitrogen and oxygen atoms in total. The molecule has 0 aromatic heterocycles. The lowest BCUT2D eigenvalue weighted by Gasteiger charge is -2.21. The van der Waals surface area contributed by atoms with Gasteiger partial charge in [-0.15, -0.1) is 0 Å². The van der Waals surface area contributed by atoms with Gasteiger partial charge in [0, 0.05) is 19.8 Å². The second-order valence-electron chi connectivity index (χ2n) is 3.35. The van der Waals surface area contributed by atoms with Gasteiger partial charge in [0.15, 0.2) is 0 Å². The van der Waals surface area contributed by atoms with E-state index in [4.69, 9.17) is 5.73 Å². The molecule has 0 saturated carbocycles. The largest absolute Gasteiger partial charge is 0.367 e. The van der Waals surface area contributed by atoms with Gasteiger partial charge in [0.2, 0.25) is 5.54 Å². The lowest BCUT2D eigenvalue weighted by Crippen LogP contribution is -2.59. The molecule has 2 atom stereocenters. The van der Waals surface area contributed by atoms with Crippen LogP contribution in [0.15, 0.2) is 5.10 Å². The van der Waals surface area contributed by atoms with Crippen LogP contribution in [0.2, 0.25) is 0 Å². The van der Waals surface area contributed by atoms with Crippen LogP contribution in [0, 0.1) is 5.92 Å². The van der Waals surface area contributed by atoms with Crippen LogP contribution in [0.3, 0.4) is 0 Å². The summed E-state index contributed by atoms with van der Waals surface area (Å²) in [5.41, 5.74) is 6.40. The molecule has 2 rings (SSSR count). The van der Waals surface area contributed by atoms with E-state index in [1.165, 1.54) is 4.90 Å². The van der Waals surface area contributed by atoms with Crippen LogP contribution >= 0.6 is 0 Å². The number of rotatable bonds is 1. The monoisotopic (exact) mass is 182 g/mol. The third-order valence-corrected chi connectivity index (χ3v) is 2.59. The van der Waals surface area contributed by atoms with Gasteiger partial charge < -0.3 is 10.6 Å². The van der Waals surface area contributed by atoms with Gasteiger partial charge in [-0.2, -0.15) is 5.10 Å². The minimum atomic E-state index is -1.31. The van der Waals surface area contributed by atoms with E-state index in [9.17, 15) is 9.59 Å². The lowest BCUT2D eigenvalue weighted by atomic mass is 9.88. The maximum absolute atomic E-state index is 11.6. The Morgan fingerprint density at radius 1 is 1.92 bits per heavy atom. The van der Waals surface area contributed by atoms with E-state index in [2.05, 4.69) is 10.5 Å². The molecule has 0 bridgehead atoms. The van der Waals surface area contributed by atoms with E-state index in [-0.39, 0.29) is 11.8 Å². The van der Waals surface area contributed by atoms with Crippen LogP contribution in [-0.4, -0.2) is 42.1 Å². The number of amides is 2. The number of carbonyl (C=O) groups excluding carboxylic acids is 2. The third-order valence-electron chi connectivity index (χ3n) is 2.59. The molecular weight excluding hydrogens is 172 g/mol. The number of primary amides is 1. The second kappa shape index (κ2) is 2.21. The lowest BCUT2D eigenvalue weighted by molar-refractivity contribution is -0.139. The molecule has 3 N–H and O–H groups in total. The predicted octanol–water partition coefficient (Wildman–Crippen LogP) is -2.11. The number of hydrogen-bond acceptors (Lipinski definition) is 4. The number of carbonyl (C=O) groups is 2. The van der Waals surface area contributed by atoms with Crippen molar-refractivity contribution in [3.63, 3.8) is 0 Å². The minimum Gasteiger partial charge on any atom is -0.367 e. The summed E-state index contributed by atoms with van der Waals surface area (Å²) in [6, 6.07) is 0. The Morgan fingerprint density at radius 2 is 2.62 bits per heavy atom. The van der Waals surface area contributed by atoms with Gasteiger partial charge in [0.25, 0.3) is 11.8 Å². The molecule has 0 unspecified atom stereocenters. The third kappa shape index (κ3) is 0.746. The number of hydrogen-bond donors (Lipinski definition) is 2. The number of hydrazone groups is 1. The van der Waals surface area contributed by atoms with Gasteiger partial charge in [-0.05, 0) is 0 Å². The number of nitrogens with zero attached hydrogens (tertiary/aromatic N) is 2. The standard InChI is InChI=1S/C7H10N4O2/c1-11-3-4-2-9-10-7(4,5(8)12)6(11)13/h2,4,10H,3H2,1H3,(H2,8,12)/t4-,7+/m1/s1. The zero-order valence-corrected chi connectivity index (χ0v) is 7.15. The fraction of sp³-hybridized carbons (Fsp3) is 0.571. The Labute approximate surface area is 74.8 Å². The van der Waals surface area contributed by atoms with Crippen molar-refractivity contribution in [1.82, 2.24) is 10.3 Å². The number of fused-ring (bicyclic) bond motifs is 1. The zero-order valence-electron chi connectivity index (χ0n) is 7.15. The van der Waals surface area contributed by atoms with Crippen molar-refractivity contribution in [2.45, 2.75) is 5.54 Å². The molecule has 2 aliphatic heterocycles. The smallest absolute Gasteiger partial charge is 0.260 e. The van der Waals surface area contributed by atoms with Crippen molar-refractivity contribution in [2.24, 2.45) is 16.8 Å². The number of likely N-dealkylation sites (N-methyl/N-ethyl adjacent to an activating group) is 1. The summed E-state index contributed by atoms with van der Waals surface area (Å²) in [5, 5.41) is 3.72. The van der Waals surface area contributed by atoms with Crippen LogP contribution < -0.4 is 11.2 Å². The molecule has 0 aliphatic carbocycles. The predicted molar refractivity (Wildman–Crippen MR) is 44.7 cm³/mol. The zero-order chi connectivity index (χ0) is 9.64. The number of nitrogens with two attached hydrogens (primary N) is 1. The topological polar surface area (TPSA) is 87.8 Å². The van der Waals surface area contributed by atoms with Crippen molar-refractivity contribution in [2.75, 3.05) is 13.6 Å². The van der Waals surface area contributed by atoms with Gasteiger partial charge in [0.05, 0.1) is 5.92 Å². The molecule has 1 saturated heterocycles. The summed E-state index contributed by atoms with van der Waals surface area (Å²) in [7, 11) is 1.64. The molecule has 2 heterocycles. The number of likely N-dealkylation sites (tertiary alicyclic amines) is 1. The number of nitrogens with one attached hydrogen (secondary N) is 1. The van der Waals surface area contributed by atoms with E-state index in [1.54, 1.807) is 13.3 Å². The highest BCUT2D eigenvalue weighted by Crippen LogP contribution is 2.29.